The summed E-state index contributed by atoms with van der Waals surface area (Å²) in [5.41, 5.74) is -0.545. The summed E-state index contributed by atoms with van der Waals surface area (Å²) >= 11 is 0. The molecule has 0 atom stereocenters. The second-order valence-corrected chi connectivity index (χ2v) is 5.95. The monoisotopic (exact) mass is 298 g/mol. The fraction of sp³-hybridized carbons (Fsp3) is 0.588. The Morgan fingerprint density at radius 1 is 1.19 bits per heavy atom. The summed E-state index contributed by atoms with van der Waals surface area (Å²) in [5, 5.41) is 0. The number of Topliss-reactive ketones (excluding diaryl/α,β-unsaturated/α-hetero) is 1. The molecule has 4 heteroatoms. The molecular formula is C17H21F3O. The quantitative estimate of drug-likeness (QED) is 0.671. The molecule has 0 aliphatic heterocycles. The van der Waals surface area contributed by atoms with Gasteiger partial charge in [-0.05, 0) is 43.7 Å². The van der Waals surface area contributed by atoms with Gasteiger partial charge in [0.2, 0.25) is 0 Å². The van der Waals surface area contributed by atoms with Crippen molar-refractivity contribution < 1.29 is 18.0 Å². The molecule has 21 heavy (non-hydrogen) atoms. The van der Waals surface area contributed by atoms with Crippen molar-refractivity contribution >= 4 is 5.78 Å². The highest BCUT2D eigenvalue weighted by molar-refractivity contribution is 5.98. The number of alkyl halides is 3. The number of hydrogen-bond donors (Lipinski definition) is 0. The summed E-state index contributed by atoms with van der Waals surface area (Å²) in [5.74, 6) is 0.443. The second kappa shape index (κ2) is 6.63. The lowest BCUT2D eigenvalue weighted by molar-refractivity contribution is -0.137. The van der Waals surface area contributed by atoms with Crippen molar-refractivity contribution in [1.82, 2.24) is 0 Å². The molecule has 0 N–H and O–H groups in total. The lowest BCUT2D eigenvalue weighted by atomic mass is 9.77. The minimum atomic E-state index is -4.39. The molecule has 1 saturated carbocycles. The summed E-state index contributed by atoms with van der Waals surface area (Å²) in [4.78, 5) is 12.4. The van der Waals surface area contributed by atoms with Crippen LogP contribution < -0.4 is 0 Å². The third-order valence-corrected chi connectivity index (χ3v) is 4.39. The minimum absolute atomic E-state index is 0.110. The van der Waals surface area contributed by atoms with Gasteiger partial charge in [0.15, 0.2) is 5.78 Å². The Hall–Kier alpha value is -1.32. The van der Waals surface area contributed by atoms with Gasteiger partial charge < -0.3 is 0 Å². The molecule has 0 aromatic heterocycles. The average Bonchev–Trinajstić information content (AvgIpc) is 2.47. The van der Waals surface area contributed by atoms with Crippen molar-refractivity contribution in [2.24, 2.45) is 11.8 Å². The number of carbonyl (C=O) groups is 1. The molecule has 1 aromatic rings. The highest BCUT2D eigenvalue weighted by Gasteiger charge is 2.32. The predicted octanol–water partition coefficient (Wildman–Crippen LogP) is 5.49. The SMILES string of the molecule is CCCC1CCC(C(=O)c2cccc(C(F)(F)F)c2)CC1. The topological polar surface area (TPSA) is 17.1 Å². The first-order valence-electron chi connectivity index (χ1n) is 7.63. The molecule has 0 heterocycles. The van der Waals surface area contributed by atoms with Gasteiger partial charge in [0.25, 0.3) is 0 Å². The predicted molar refractivity (Wildman–Crippen MR) is 76.1 cm³/mol. The largest absolute Gasteiger partial charge is 0.416 e. The van der Waals surface area contributed by atoms with Gasteiger partial charge in [-0.25, -0.2) is 0 Å². The maximum atomic E-state index is 12.7. The zero-order valence-electron chi connectivity index (χ0n) is 12.2. The van der Waals surface area contributed by atoms with Crippen LogP contribution in [0.4, 0.5) is 13.2 Å². The molecule has 1 aliphatic carbocycles. The molecule has 1 fully saturated rings. The Morgan fingerprint density at radius 2 is 1.86 bits per heavy atom. The Labute approximate surface area is 123 Å². The molecule has 0 bridgehead atoms. The Morgan fingerprint density at radius 3 is 2.43 bits per heavy atom. The van der Waals surface area contributed by atoms with Crippen molar-refractivity contribution in [2.45, 2.75) is 51.6 Å². The van der Waals surface area contributed by atoms with Gasteiger partial charge in [0.05, 0.1) is 5.56 Å². The highest BCUT2D eigenvalue weighted by Crippen LogP contribution is 2.34. The van der Waals surface area contributed by atoms with E-state index in [1.54, 1.807) is 0 Å². The first-order valence-corrected chi connectivity index (χ1v) is 7.63. The number of hydrogen-bond acceptors (Lipinski definition) is 1. The van der Waals surface area contributed by atoms with Gasteiger partial charge in [-0.15, -0.1) is 0 Å². The number of benzene rings is 1. The standard InChI is InChI=1S/C17H21F3O/c1-2-4-12-7-9-13(10-8-12)16(21)14-5-3-6-15(11-14)17(18,19)20/h3,5-6,11-13H,2,4,7-10H2,1H3. The number of ketones is 1. The van der Waals surface area contributed by atoms with Crippen LogP contribution in [0.3, 0.4) is 0 Å². The van der Waals surface area contributed by atoms with Crippen LogP contribution in [0.25, 0.3) is 0 Å². The van der Waals surface area contributed by atoms with E-state index in [2.05, 4.69) is 6.92 Å². The van der Waals surface area contributed by atoms with Crippen LogP contribution in [-0.2, 0) is 6.18 Å². The van der Waals surface area contributed by atoms with Crippen LogP contribution in [0.2, 0.25) is 0 Å². The molecule has 116 valence electrons. The van der Waals surface area contributed by atoms with Crippen molar-refractivity contribution in [3.05, 3.63) is 35.4 Å². The zero-order valence-corrected chi connectivity index (χ0v) is 12.2. The van der Waals surface area contributed by atoms with Gasteiger partial charge in [-0.3, -0.25) is 4.79 Å². The molecule has 1 nitrogen and oxygen atoms in total. The van der Waals surface area contributed by atoms with Gasteiger partial charge >= 0.3 is 6.18 Å². The van der Waals surface area contributed by atoms with Crippen molar-refractivity contribution in [1.29, 1.82) is 0 Å². The Bertz CT molecular complexity index is 485. The summed E-state index contributed by atoms with van der Waals surface area (Å²) in [7, 11) is 0. The average molecular weight is 298 g/mol. The normalized spacial score (nSPS) is 23.0. The molecule has 0 amide bonds. The number of carbonyl (C=O) groups excluding carboxylic acids is 1. The highest BCUT2D eigenvalue weighted by atomic mass is 19.4. The van der Waals surface area contributed by atoms with E-state index < -0.39 is 11.7 Å². The molecule has 0 saturated heterocycles. The fourth-order valence-electron chi connectivity index (χ4n) is 3.21. The second-order valence-electron chi connectivity index (χ2n) is 5.95. The lowest BCUT2D eigenvalue weighted by Gasteiger charge is -2.27. The van der Waals surface area contributed by atoms with Crippen LogP contribution in [0.5, 0.6) is 0 Å². The molecule has 0 radical (unpaired) electrons. The van der Waals surface area contributed by atoms with Crippen LogP contribution in [0.15, 0.2) is 24.3 Å². The fourth-order valence-corrected chi connectivity index (χ4v) is 3.21. The van der Waals surface area contributed by atoms with Crippen LogP contribution in [0.1, 0.15) is 61.4 Å². The molecule has 1 aromatic carbocycles. The van der Waals surface area contributed by atoms with Crippen LogP contribution in [-0.4, -0.2) is 5.78 Å². The third-order valence-electron chi connectivity index (χ3n) is 4.39. The third kappa shape index (κ3) is 4.08. The summed E-state index contributed by atoms with van der Waals surface area (Å²) in [6, 6.07) is 4.81. The summed E-state index contributed by atoms with van der Waals surface area (Å²) in [6.07, 6.45) is 1.59. The van der Waals surface area contributed by atoms with Crippen LogP contribution >= 0.6 is 0 Å². The Balaban J connectivity index is 2.04. The zero-order chi connectivity index (χ0) is 15.5. The van der Waals surface area contributed by atoms with E-state index in [9.17, 15) is 18.0 Å². The van der Waals surface area contributed by atoms with E-state index in [-0.39, 0.29) is 17.3 Å². The summed E-state index contributed by atoms with van der Waals surface area (Å²) < 4.78 is 38.1. The van der Waals surface area contributed by atoms with E-state index in [0.29, 0.717) is 5.92 Å². The van der Waals surface area contributed by atoms with Crippen molar-refractivity contribution in [2.75, 3.05) is 0 Å². The molecule has 2 rings (SSSR count). The van der Waals surface area contributed by atoms with E-state index in [4.69, 9.17) is 0 Å². The van der Waals surface area contributed by atoms with E-state index in [0.717, 1.165) is 44.2 Å². The summed E-state index contributed by atoms with van der Waals surface area (Å²) in [6.45, 7) is 2.15. The van der Waals surface area contributed by atoms with Crippen molar-refractivity contribution in [3.8, 4) is 0 Å². The van der Waals surface area contributed by atoms with E-state index in [1.165, 1.54) is 18.6 Å². The molecule has 1 aliphatic rings. The van der Waals surface area contributed by atoms with Gasteiger partial charge in [0, 0.05) is 11.5 Å². The molecule has 0 spiro atoms. The first-order chi connectivity index (χ1) is 9.91. The molecule has 0 unspecified atom stereocenters. The molecular weight excluding hydrogens is 277 g/mol. The van der Waals surface area contributed by atoms with E-state index >= 15 is 0 Å². The first kappa shape index (κ1) is 16.1. The van der Waals surface area contributed by atoms with Gasteiger partial charge in [-0.2, -0.15) is 13.2 Å². The van der Waals surface area contributed by atoms with E-state index in [1.807, 2.05) is 0 Å². The van der Waals surface area contributed by atoms with Crippen molar-refractivity contribution in [3.63, 3.8) is 0 Å². The lowest BCUT2D eigenvalue weighted by Crippen LogP contribution is -2.22. The smallest absolute Gasteiger partial charge is 0.294 e. The number of rotatable bonds is 4. The van der Waals surface area contributed by atoms with Crippen LogP contribution in [0, 0.1) is 11.8 Å². The van der Waals surface area contributed by atoms with Gasteiger partial charge in [-0.1, -0.05) is 31.9 Å². The maximum Gasteiger partial charge on any atom is 0.416 e. The van der Waals surface area contributed by atoms with Gasteiger partial charge in [0.1, 0.15) is 0 Å². The number of halogens is 3. The minimum Gasteiger partial charge on any atom is -0.294 e. The maximum absolute atomic E-state index is 12.7. The Kier molecular flexibility index (Phi) is 5.07.